The monoisotopic (exact) mass is 233 g/mol. The van der Waals surface area contributed by atoms with E-state index in [1.54, 1.807) is 14.0 Å². The van der Waals surface area contributed by atoms with Gasteiger partial charge in [0.25, 0.3) is 0 Å². The second kappa shape index (κ2) is 7.60. The number of esters is 1. The van der Waals surface area contributed by atoms with Gasteiger partial charge in [-0.2, -0.15) is 0 Å². The van der Waals surface area contributed by atoms with Gasteiger partial charge in [-0.05, 0) is 27.8 Å². The Bertz CT molecular complexity index is 210. The van der Waals surface area contributed by atoms with Gasteiger partial charge < -0.3 is 19.5 Å². The van der Waals surface area contributed by atoms with Crippen LogP contribution in [0.1, 0.15) is 20.8 Å². The smallest absolute Gasteiger partial charge is 0.328 e. The summed E-state index contributed by atoms with van der Waals surface area (Å²) in [5.41, 5.74) is -0.810. The Labute approximate surface area is 97.4 Å². The van der Waals surface area contributed by atoms with Gasteiger partial charge in [0.05, 0.1) is 26.4 Å². The van der Waals surface area contributed by atoms with Crippen molar-refractivity contribution >= 4 is 5.97 Å². The maximum absolute atomic E-state index is 11.5. The van der Waals surface area contributed by atoms with E-state index in [1.165, 1.54) is 7.11 Å². The van der Waals surface area contributed by atoms with E-state index in [0.29, 0.717) is 13.2 Å². The van der Waals surface area contributed by atoms with Crippen LogP contribution in [0.4, 0.5) is 0 Å². The molecular formula is C11H23NO4. The lowest BCUT2D eigenvalue weighted by atomic mass is 10.1. The molecular weight excluding hydrogens is 210 g/mol. The molecule has 0 aromatic rings. The predicted molar refractivity (Wildman–Crippen MR) is 61.4 cm³/mol. The zero-order valence-electron chi connectivity index (χ0n) is 10.8. The van der Waals surface area contributed by atoms with Crippen LogP contribution in [0.2, 0.25) is 0 Å². The van der Waals surface area contributed by atoms with Gasteiger partial charge in [0, 0.05) is 6.61 Å². The van der Waals surface area contributed by atoms with E-state index in [4.69, 9.17) is 14.2 Å². The molecule has 96 valence electrons. The van der Waals surface area contributed by atoms with Gasteiger partial charge in [0.15, 0.2) is 0 Å². The van der Waals surface area contributed by atoms with Crippen LogP contribution in [0.25, 0.3) is 0 Å². The SMILES string of the molecule is CCOCC(C)OCC(C)(NC)C(=O)OC. The minimum atomic E-state index is -0.810. The van der Waals surface area contributed by atoms with Crippen LogP contribution in [0, 0.1) is 0 Å². The maximum Gasteiger partial charge on any atom is 0.328 e. The number of carbonyl (C=O) groups excluding carboxylic acids is 1. The topological polar surface area (TPSA) is 56.8 Å². The molecule has 0 aromatic heterocycles. The van der Waals surface area contributed by atoms with Crippen molar-refractivity contribution < 1.29 is 19.0 Å². The third kappa shape index (κ3) is 4.92. The Balaban J connectivity index is 4.08. The highest BCUT2D eigenvalue weighted by atomic mass is 16.5. The molecule has 5 nitrogen and oxygen atoms in total. The summed E-state index contributed by atoms with van der Waals surface area (Å²) in [7, 11) is 3.06. The standard InChI is InChI=1S/C11H23NO4/c1-6-15-7-9(2)16-8-11(3,12-4)10(13)14-5/h9,12H,6-8H2,1-5H3. The second-order valence-corrected chi connectivity index (χ2v) is 3.85. The number of rotatable bonds is 8. The third-order valence-corrected chi connectivity index (χ3v) is 2.40. The molecule has 0 bridgehead atoms. The quantitative estimate of drug-likeness (QED) is 0.621. The summed E-state index contributed by atoms with van der Waals surface area (Å²) in [5, 5.41) is 2.90. The summed E-state index contributed by atoms with van der Waals surface area (Å²) in [4.78, 5) is 11.5. The Morgan fingerprint density at radius 1 is 1.50 bits per heavy atom. The van der Waals surface area contributed by atoms with Gasteiger partial charge >= 0.3 is 5.97 Å². The lowest BCUT2D eigenvalue weighted by Gasteiger charge is -2.27. The maximum atomic E-state index is 11.5. The van der Waals surface area contributed by atoms with Crippen LogP contribution in [0.3, 0.4) is 0 Å². The van der Waals surface area contributed by atoms with E-state index in [-0.39, 0.29) is 18.7 Å². The Morgan fingerprint density at radius 3 is 2.56 bits per heavy atom. The zero-order chi connectivity index (χ0) is 12.6. The summed E-state index contributed by atoms with van der Waals surface area (Å²) >= 11 is 0. The Hall–Kier alpha value is -0.650. The van der Waals surface area contributed by atoms with Crippen molar-refractivity contribution in [1.82, 2.24) is 5.32 Å². The number of carbonyl (C=O) groups is 1. The highest BCUT2D eigenvalue weighted by Gasteiger charge is 2.33. The number of ether oxygens (including phenoxy) is 3. The fourth-order valence-corrected chi connectivity index (χ4v) is 1.10. The third-order valence-electron chi connectivity index (χ3n) is 2.40. The highest BCUT2D eigenvalue weighted by molar-refractivity contribution is 5.80. The van der Waals surface area contributed by atoms with Gasteiger partial charge in [0.2, 0.25) is 0 Å². The molecule has 0 heterocycles. The summed E-state index contributed by atoms with van der Waals surface area (Å²) in [6.45, 7) is 7.02. The normalized spacial score (nSPS) is 16.6. The number of hydrogen-bond donors (Lipinski definition) is 1. The molecule has 0 spiro atoms. The average molecular weight is 233 g/mol. The first-order valence-electron chi connectivity index (χ1n) is 5.46. The number of nitrogens with one attached hydrogen (secondary N) is 1. The van der Waals surface area contributed by atoms with Crippen molar-refractivity contribution in [3.05, 3.63) is 0 Å². The summed E-state index contributed by atoms with van der Waals surface area (Å²) < 4.78 is 15.5. The molecule has 0 saturated heterocycles. The summed E-state index contributed by atoms with van der Waals surface area (Å²) in [5.74, 6) is -0.335. The van der Waals surface area contributed by atoms with Crippen LogP contribution in [0.5, 0.6) is 0 Å². The molecule has 0 aliphatic heterocycles. The molecule has 0 aliphatic carbocycles. The summed E-state index contributed by atoms with van der Waals surface area (Å²) in [6, 6.07) is 0. The van der Waals surface area contributed by atoms with Crippen molar-refractivity contribution in [3.63, 3.8) is 0 Å². The van der Waals surface area contributed by atoms with Crippen LogP contribution in [-0.4, -0.2) is 51.6 Å². The Kier molecular flexibility index (Phi) is 7.29. The fraction of sp³-hybridized carbons (Fsp3) is 0.909. The first-order valence-corrected chi connectivity index (χ1v) is 5.46. The molecule has 0 aromatic carbocycles. The van der Waals surface area contributed by atoms with Crippen molar-refractivity contribution in [1.29, 1.82) is 0 Å². The van der Waals surface area contributed by atoms with Crippen molar-refractivity contribution in [2.45, 2.75) is 32.4 Å². The molecule has 0 radical (unpaired) electrons. The Morgan fingerprint density at radius 2 is 2.12 bits per heavy atom. The number of hydrogen-bond acceptors (Lipinski definition) is 5. The van der Waals surface area contributed by atoms with E-state index in [9.17, 15) is 4.79 Å². The molecule has 0 rings (SSSR count). The molecule has 2 atom stereocenters. The molecule has 2 unspecified atom stereocenters. The highest BCUT2D eigenvalue weighted by Crippen LogP contribution is 2.08. The van der Waals surface area contributed by atoms with Crippen LogP contribution in [-0.2, 0) is 19.0 Å². The van der Waals surface area contributed by atoms with Crippen molar-refractivity contribution in [2.75, 3.05) is 34.0 Å². The molecule has 0 saturated carbocycles. The van der Waals surface area contributed by atoms with Gasteiger partial charge in [-0.15, -0.1) is 0 Å². The molecule has 5 heteroatoms. The van der Waals surface area contributed by atoms with Gasteiger partial charge in [0.1, 0.15) is 5.54 Å². The zero-order valence-corrected chi connectivity index (χ0v) is 10.8. The van der Waals surface area contributed by atoms with Crippen LogP contribution >= 0.6 is 0 Å². The molecule has 0 fully saturated rings. The van der Waals surface area contributed by atoms with E-state index >= 15 is 0 Å². The molecule has 1 N–H and O–H groups in total. The minimum Gasteiger partial charge on any atom is -0.468 e. The first-order chi connectivity index (χ1) is 7.50. The largest absolute Gasteiger partial charge is 0.468 e. The lowest BCUT2D eigenvalue weighted by molar-refractivity contribution is -0.151. The first kappa shape index (κ1) is 15.3. The van der Waals surface area contributed by atoms with Gasteiger partial charge in [-0.3, -0.25) is 0 Å². The van der Waals surface area contributed by atoms with Crippen LogP contribution in [0.15, 0.2) is 0 Å². The van der Waals surface area contributed by atoms with E-state index in [0.717, 1.165) is 0 Å². The minimum absolute atomic E-state index is 0.0442. The molecule has 16 heavy (non-hydrogen) atoms. The number of likely N-dealkylation sites (N-methyl/N-ethyl adjacent to an activating group) is 1. The van der Waals surface area contributed by atoms with E-state index < -0.39 is 5.54 Å². The summed E-state index contributed by atoms with van der Waals surface area (Å²) in [6.07, 6.45) is -0.0442. The van der Waals surface area contributed by atoms with E-state index in [1.807, 2.05) is 13.8 Å². The fourth-order valence-electron chi connectivity index (χ4n) is 1.10. The van der Waals surface area contributed by atoms with Crippen molar-refractivity contribution in [2.24, 2.45) is 0 Å². The molecule has 0 aliphatic rings. The lowest BCUT2D eigenvalue weighted by Crippen LogP contribution is -2.52. The van der Waals surface area contributed by atoms with E-state index in [2.05, 4.69) is 5.32 Å². The van der Waals surface area contributed by atoms with Crippen LogP contribution < -0.4 is 5.32 Å². The predicted octanol–water partition coefficient (Wildman–Crippen LogP) is 0.579. The van der Waals surface area contributed by atoms with Gasteiger partial charge in [-0.1, -0.05) is 0 Å². The molecule has 0 amide bonds. The number of methoxy groups -OCH3 is 1. The average Bonchev–Trinajstić information content (AvgIpc) is 2.32. The second-order valence-electron chi connectivity index (χ2n) is 3.85. The van der Waals surface area contributed by atoms with Crippen molar-refractivity contribution in [3.8, 4) is 0 Å². The van der Waals surface area contributed by atoms with Gasteiger partial charge in [-0.25, -0.2) is 4.79 Å².